The number of halogens is 1. The number of ether oxygens (including phenoxy) is 1. The highest BCUT2D eigenvalue weighted by Crippen LogP contribution is 2.47. The number of carbonyl (C=O) groups excluding carboxylic acids is 1. The lowest BCUT2D eigenvalue weighted by atomic mass is 9.83. The van der Waals surface area contributed by atoms with Gasteiger partial charge in [0.1, 0.15) is 18.0 Å². The molecule has 5 nitrogen and oxygen atoms in total. The van der Waals surface area contributed by atoms with E-state index >= 15 is 0 Å². The normalized spacial score (nSPS) is 25.2. The van der Waals surface area contributed by atoms with E-state index in [-0.39, 0.29) is 42.2 Å². The van der Waals surface area contributed by atoms with Crippen LogP contribution >= 0.6 is 0 Å². The molecule has 3 aliphatic rings. The van der Waals surface area contributed by atoms with Gasteiger partial charge in [0, 0.05) is 30.8 Å². The maximum absolute atomic E-state index is 13.7. The predicted octanol–water partition coefficient (Wildman–Crippen LogP) is 5.29. The molecule has 2 aliphatic heterocycles. The van der Waals surface area contributed by atoms with Crippen molar-refractivity contribution in [1.29, 1.82) is 0 Å². The lowest BCUT2D eigenvalue weighted by Gasteiger charge is -2.43. The molecule has 2 bridgehead atoms. The summed E-state index contributed by atoms with van der Waals surface area (Å²) in [4.78, 5) is 19.4. The number of aliphatic hydroxyl groups is 1. The van der Waals surface area contributed by atoms with E-state index in [0.29, 0.717) is 18.5 Å². The summed E-state index contributed by atoms with van der Waals surface area (Å²) in [6.45, 7) is 1.88. The topological polar surface area (TPSA) is 62.7 Å². The Bertz CT molecular complexity index is 1220. The molecule has 1 aromatic heterocycles. The van der Waals surface area contributed by atoms with Crippen molar-refractivity contribution >= 4 is 6.09 Å². The zero-order valence-corrected chi connectivity index (χ0v) is 19.1. The third-order valence-corrected chi connectivity index (χ3v) is 7.81. The highest BCUT2D eigenvalue weighted by atomic mass is 19.1. The van der Waals surface area contributed by atoms with Crippen LogP contribution in [0.2, 0.25) is 0 Å². The van der Waals surface area contributed by atoms with Crippen LogP contribution in [0.4, 0.5) is 9.18 Å². The molecule has 0 saturated carbocycles. The number of pyridine rings is 1. The predicted molar refractivity (Wildman–Crippen MR) is 126 cm³/mol. The minimum absolute atomic E-state index is 0.0158. The molecule has 2 atom stereocenters. The minimum atomic E-state index is -1.16. The lowest BCUT2D eigenvalue weighted by molar-refractivity contribution is -0.0560. The fourth-order valence-corrected chi connectivity index (χ4v) is 6.20. The zero-order chi connectivity index (χ0) is 23.4. The van der Waals surface area contributed by atoms with Crippen LogP contribution in [0, 0.1) is 12.7 Å². The molecule has 34 heavy (non-hydrogen) atoms. The molecule has 1 N–H and O–H groups in total. The van der Waals surface area contributed by atoms with Crippen LogP contribution in [-0.2, 0) is 10.3 Å². The average molecular weight is 459 g/mol. The molecule has 0 spiro atoms. The van der Waals surface area contributed by atoms with E-state index in [9.17, 15) is 14.3 Å². The van der Waals surface area contributed by atoms with Crippen LogP contribution in [0.25, 0.3) is 11.1 Å². The van der Waals surface area contributed by atoms with Gasteiger partial charge in [-0.25, -0.2) is 9.18 Å². The van der Waals surface area contributed by atoms with Crippen molar-refractivity contribution in [3.63, 3.8) is 0 Å². The molecular weight excluding hydrogens is 431 g/mol. The van der Waals surface area contributed by atoms with Crippen molar-refractivity contribution in [2.24, 2.45) is 0 Å². The summed E-state index contributed by atoms with van der Waals surface area (Å²) < 4.78 is 19.6. The number of carbonyl (C=O) groups is 1. The molecule has 2 unspecified atom stereocenters. The number of aryl methyl sites for hydroxylation is 1. The second kappa shape index (κ2) is 7.91. The van der Waals surface area contributed by atoms with Gasteiger partial charge in [0.2, 0.25) is 0 Å². The Morgan fingerprint density at radius 3 is 2.21 bits per heavy atom. The molecule has 3 aromatic rings. The number of hydrogen-bond donors (Lipinski definition) is 1. The van der Waals surface area contributed by atoms with Crippen LogP contribution in [-0.4, -0.2) is 39.8 Å². The molecule has 2 fully saturated rings. The number of piperidine rings is 1. The summed E-state index contributed by atoms with van der Waals surface area (Å²) in [5, 5.41) is 11.4. The maximum atomic E-state index is 13.7. The second-order valence-corrected chi connectivity index (χ2v) is 9.80. The number of benzene rings is 2. The number of fused-ring (bicyclic) bond motifs is 5. The van der Waals surface area contributed by atoms with Gasteiger partial charge in [-0.05, 0) is 54.2 Å². The molecule has 0 radical (unpaired) electrons. The SMILES string of the molecule is Cc1nc(C2(O)CC3CCC(C2)N3C(=O)OCC2c3ccccc3-c3ccccc32)ccc1F. The molecule has 2 saturated heterocycles. The molecule has 2 aromatic carbocycles. The van der Waals surface area contributed by atoms with Crippen LogP contribution in [0.1, 0.15) is 54.1 Å². The van der Waals surface area contributed by atoms with E-state index in [2.05, 4.69) is 29.2 Å². The smallest absolute Gasteiger partial charge is 0.410 e. The summed E-state index contributed by atoms with van der Waals surface area (Å²) in [7, 11) is 0. The zero-order valence-electron chi connectivity index (χ0n) is 19.1. The first-order chi connectivity index (χ1) is 16.4. The average Bonchev–Trinajstić information content (AvgIpc) is 3.31. The molecule has 1 amide bonds. The fourth-order valence-electron chi connectivity index (χ4n) is 6.20. The Kier molecular flexibility index (Phi) is 4.96. The van der Waals surface area contributed by atoms with Crippen molar-refractivity contribution in [3.8, 4) is 11.1 Å². The Labute approximate surface area is 198 Å². The Morgan fingerprint density at radius 1 is 1.03 bits per heavy atom. The van der Waals surface area contributed by atoms with Gasteiger partial charge in [0.05, 0.1) is 11.4 Å². The monoisotopic (exact) mass is 458 g/mol. The summed E-state index contributed by atoms with van der Waals surface area (Å²) >= 11 is 0. The summed E-state index contributed by atoms with van der Waals surface area (Å²) in [6, 6.07) is 19.2. The van der Waals surface area contributed by atoms with Crippen molar-refractivity contribution in [3.05, 3.63) is 89.0 Å². The number of aromatic nitrogens is 1. The standard InChI is InChI=1S/C28H27FN2O3/c1-17-25(29)12-13-26(30-17)28(33)14-18-10-11-19(15-28)31(18)27(32)34-16-24-22-8-4-2-6-20(22)21-7-3-5-9-23(21)24/h2-9,12-13,18-19,24,33H,10-11,14-16H2,1H3. The Hall–Kier alpha value is -3.25. The Balaban J connectivity index is 1.19. The third-order valence-electron chi connectivity index (χ3n) is 7.81. The lowest BCUT2D eigenvalue weighted by Crippen LogP contribution is -2.52. The quantitative estimate of drug-likeness (QED) is 0.579. The van der Waals surface area contributed by atoms with Gasteiger partial charge in [-0.1, -0.05) is 48.5 Å². The summed E-state index contributed by atoms with van der Waals surface area (Å²) in [5.74, 6) is -0.367. The van der Waals surface area contributed by atoms with Crippen LogP contribution in [0.3, 0.4) is 0 Å². The molecule has 6 heteroatoms. The molecule has 174 valence electrons. The number of hydrogen-bond acceptors (Lipinski definition) is 4. The minimum Gasteiger partial charge on any atom is -0.448 e. The first-order valence-electron chi connectivity index (χ1n) is 11.9. The largest absolute Gasteiger partial charge is 0.448 e. The summed E-state index contributed by atoms with van der Waals surface area (Å²) in [5.41, 5.74) is 4.36. The van der Waals surface area contributed by atoms with E-state index in [0.717, 1.165) is 12.8 Å². The number of amides is 1. The van der Waals surface area contributed by atoms with Crippen molar-refractivity contribution in [1.82, 2.24) is 9.88 Å². The van der Waals surface area contributed by atoms with Gasteiger partial charge >= 0.3 is 6.09 Å². The molecular formula is C28H27FN2O3. The first kappa shape index (κ1) is 21.3. The van der Waals surface area contributed by atoms with E-state index in [1.54, 1.807) is 13.0 Å². The van der Waals surface area contributed by atoms with Gasteiger partial charge in [0.15, 0.2) is 0 Å². The molecule has 1 aliphatic carbocycles. The van der Waals surface area contributed by atoms with E-state index < -0.39 is 5.60 Å². The maximum Gasteiger partial charge on any atom is 0.410 e. The fraction of sp³-hybridized carbons (Fsp3) is 0.357. The summed E-state index contributed by atoms with van der Waals surface area (Å²) in [6.07, 6.45) is 2.08. The van der Waals surface area contributed by atoms with Gasteiger partial charge in [-0.2, -0.15) is 0 Å². The van der Waals surface area contributed by atoms with E-state index in [1.165, 1.54) is 28.3 Å². The van der Waals surface area contributed by atoms with Crippen LogP contribution in [0.5, 0.6) is 0 Å². The van der Waals surface area contributed by atoms with Gasteiger partial charge in [0.25, 0.3) is 0 Å². The number of nitrogens with zero attached hydrogens (tertiary/aromatic N) is 2. The third kappa shape index (κ3) is 3.31. The van der Waals surface area contributed by atoms with Crippen molar-refractivity contribution in [2.45, 2.75) is 56.2 Å². The second-order valence-electron chi connectivity index (χ2n) is 9.80. The van der Waals surface area contributed by atoms with E-state index in [1.807, 2.05) is 29.2 Å². The van der Waals surface area contributed by atoms with Gasteiger partial charge in [-0.15, -0.1) is 0 Å². The Morgan fingerprint density at radius 2 is 1.62 bits per heavy atom. The van der Waals surface area contributed by atoms with Crippen LogP contribution < -0.4 is 0 Å². The number of rotatable bonds is 3. The van der Waals surface area contributed by atoms with Crippen LogP contribution in [0.15, 0.2) is 60.7 Å². The highest BCUT2D eigenvalue weighted by molar-refractivity contribution is 5.79. The van der Waals surface area contributed by atoms with Crippen molar-refractivity contribution < 1.29 is 19.0 Å². The van der Waals surface area contributed by atoms with Crippen molar-refractivity contribution in [2.75, 3.05) is 6.61 Å². The molecule has 6 rings (SSSR count). The van der Waals surface area contributed by atoms with E-state index in [4.69, 9.17) is 4.74 Å². The highest BCUT2D eigenvalue weighted by Gasteiger charge is 2.51. The van der Waals surface area contributed by atoms with Gasteiger partial charge in [-0.3, -0.25) is 4.98 Å². The first-order valence-corrected chi connectivity index (χ1v) is 11.9. The molecule has 3 heterocycles. The van der Waals surface area contributed by atoms with Gasteiger partial charge < -0.3 is 14.7 Å².